The second-order valence-corrected chi connectivity index (χ2v) is 8.24. The number of methoxy groups -OCH3 is 1. The van der Waals surface area contributed by atoms with Gasteiger partial charge in [0.05, 0.1) is 22.2 Å². The lowest BCUT2D eigenvalue weighted by atomic mass is 10.1. The van der Waals surface area contributed by atoms with Gasteiger partial charge in [0.15, 0.2) is 0 Å². The highest BCUT2D eigenvalue weighted by Crippen LogP contribution is 2.45. The van der Waals surface area contributed by atoms with Crippen LogP contribution in [0.5, 0.6) is 5.75 Å². The first-order chi connectivity index (χ1) is 12.5. The van der Waals surface area contributed by atoms with Crippen molar-refractivity contribution in [1.29, 1.82) is 0 Å². The number of primary amides is 1. The van der Waals surface area contributed by atoms with Crippen molar-refractivity contribution in [3.63, 3.8) is 0 Å². The molecule has 1 aromatic rings. The molecule has 10 heteroatoms. The molecule has 0 radical (unpaired) electrons. The Morgan fingerprint density at radius 1 is 1.19 bits per heavy atom. The number of nitrogens with zero attached hydrogens (tertiary/aromatic N) is 2. The second-order valence-electron chi connectivity index (χ2n) is 7.08. The third-order valence-corrected chi connectivity index (χ3v) is 5.23. The number of rotatable bonds is 3. The van der Waals surface area contributed by atoms with Gasteiger partial charge in [-0.1, -0.05) is 34.8 Å². The van der Waals surface area contributed by atoms with Crippen molar-refractivity contribution in [2.75, 3.05) is 31.6 Å². The molecule has 0 aromatic heterocycles. The highest BCUT2D eigenvalue weighted by molar-refractivity contribution is 6.49. The number of hydrogen-bond donors (Lipinski definition) is 1. The zero-order valence-electron chi connectivity index (χ0n) is 15.5. The molecule has 0 bridgehead atoms. The van der Waals surface area contributed by atoms with Crippen LogP contribution in [0, 0.1) is 0 Å². The largest absolute Gasteiger partial charge is 0.494 e. The lowest BCUT2D eigenvalue weighted by Gasteiger charge is -2.41. The molecule has 0 aliphatic carbocycles. The van der Waals surface area contributed by atoms with Gasteiger partial charge in [0.25, 0.3) is 0 Å². The lowest BCUT2D eigenvalue weighted by molar-refractivity contribution is -0.123. The summed E-state index contributed by atoms with van der Waals surface area (Å²) in [5.74, 6) is -0.246. The Morgan fingerprint density at radius 3 is 2.33 bits per heavy atom. The quantitative estimate of drug-likeness (QED) is 0.729. The molecule has 150 valence electrons. The number of halogens is 3. The van der Waals surface area contributed by atoms with Gasteiger partial charge in [-0.3, -0.25) is 9.69 Å². The summed E-state index contributed by atoms with van der Waals surface area (Å²) >= 11 is 18.6. The number of ether oxygens (including phenoxy) is 2. The van der Waals surface area contributed by atoms with Gasteiger partial charge in [0, 0.05) is 25.7 Å². The minimum Gasteiger partial charge on any atom is -0.494 e. The molecule has 0 spiro atoms. The second kappa shape index (κ2) is 8.20. The number of hydrogen-bond acceptors (Lipinski definition) is 5. The van der Waals surface area contributed by atoms with Gasteiger partial charge in [-0.2, -0.15) is 0 Å². The Bertz CT molecular complexity index is 752. The summed E-state index contributed by atoms with van der Waals surface area (Å²) in [5.41, 5.74) is 5.34. The van der Waals surface area contributed by atoms with Gasteiger partial charge in [-0.15, -0.1) is 0 Å². The van der Waals surface area contributed by atoms with E-state index in [1.54, 1.807) is 31.7 Å². The van der Waals surface area contributed by atoms with E-state index >= 15 is 0 Å². The predicted octanol–water partition coefficient (Wildman–Crippen LogP) is 3.57. The van der Waals surface area contributed by atoms with E-state index in [4.69, 9.17) is 50.0 Å². The van der Waals surface area contributed by atoms with Crippen molar-refractivity contribution in [2.24, 2.45) is 5.73 Å². The summed E-state index contributed by atoms with van der Waals surface area (Å²) in [5, 5.41) is 0.635. The maximum absolute atomic E-state index is 12.4. The SMILES string of the molecule is COc1cc(Cl)c(Cl)c(Cl)c1N1CCN(C(=O)OC(C)(C)C)C(C(N)=O)C1. The molecule has 1 aliphatic heterocycles. The summed E-state index contributed by atoms with van der Waals surface area (Å²) in [6.07, 6.45) is -0.599. The molecule has 1 atom stereocenters. The van der Waals surface area contributed by atoms with E-state index in [1.165, 1.54) is 12.0 Å². The molecular formula is C17H22Cl3N3O4. The number of nitrogens with two attached hydrogens (primary N) is 1. The van der Waals surface area contributed by atoms with Crippen LogP contribution < -0.4 is 15.4 Å². The van der Waals surface area contributed by atoms with Gasteiger partial charge in [-0.25, -0.2) is 4.79 Å². The molecule has 0 saturated carbocycles. The van der Waals surface area contributed by atoms with Crippen LogP contribution in [0.25, 0.3) is 0 Å². The number of benzene rings is 1. The third kappa shape index (κ3) is 4.83. The average molecular weight is 439 g/mol. The number of piperazine rings is 1. The van der Waals surface area contributed by atoms with Gasteiger partial charge in [0.2, 0.25) is 5.91 Å². The van der Waals surface area contributed by atoms with E-state index < -0.39 is 23.6 Å². The monoisotopic (exact) mass is 437 g/mol. The van der Waals surface area contributed by atoms with Crippen molar-refractivity contribution in [2.45, 2.75) is 32.4 Å². The Kier molecular flexibility index (Phi) is 6.60. The van der Waals surface area contributed by atoms with E-state index in [-0.39, 0.29) is 28.2 Å². The highest BCUT2D eigenvalue weighted by atomic mass is 35.5. The molecule has 2 N–H and O–H groups in total. The fraction of sp³-hybridized carbons (Fsp3) is 0.529. The van der Waals surface area contributed by atoms with E-state index in [0.717, 1.165) is 0 Å². The van der Waals surface area contributed by atoms with Crippen molar-refractivity contribution in [1.82, 2.24) is 4.90 Å². The first kappa shape index (κ1) is 21.7. The standard InChI is InChI=1S/C17H22Cl3N3O4/c1-17(2,3)27-16(25)23-6-5-22(8-10(23)15(21)24)14-11(26-4)7-9(18)12(19)13(14)20/h7,10H,5-6,8H2,1-4H3,(H2,21,24). The van der Waals surface area contributed by atoms with Crippen LogP contribution in [0.15, 0.2) is 6.07 Å². The molecule has 2 rings (SSSR count). The van der Waals surface area contributed by atoms with Crippen LogP contribution in [0.2, 0.25) is 15.1 Å². The first-order valence-corrected chi connectivity index (χ1v) is 9.35. The topological polar surface area (TPSA) is 85.1 Å². The summed E-state index contributed by atoms with van der Waals surface area (Å²) in [4.78, 5) is 27.6. The highest BCUT2D eigenvalue weighted by Gasteiger charge is 2.38. The lowest BCUT2D eigenvalue weighted by Crippen LogP contribution is -2.60. The van der Waals surface area contributed by atoms with Crippen LogP contribution in [0.1, 0.15) is 20.8 Å². The smallest absolute Gasteiger partial charge is 0.411 e. The molecule has 1 aliphatic rings. The summed E-state index contributed by atoms with van der Waals surface area (Å²) < 4.78 is 10.7. The maximum Gasteiger partial charge on any atom is 0.411 e. The zero-order chi connectivity index (χ0) is 20.5. The number of anilines is 1. The van der Waals surface area contributed by atoms with Crippen LogP contribution in [0.4, 0.5) is 10.5 Å². The molecule has 1 fully saturated rings. The normalized spacial score (nSPS) is 17.7. The van der Waals surface area contributed by atoms with Crippen molar-refractivity contribution >= 4 is 52.5 Å². The van der Waals surface area contributed by atoms with Crippen molar-refractivity contribution in [3.05, 3.63) is 21.1 Å². The van der Waals surface area contributed by atoms with Crippen molar-refractivity contribution < 1.29 is 19.1 Å². The summed E-state index contributed by atoms with van der Waals surface area (Å²) in [7, 11) is 1.47. The van der Waals surface area contributed by atoms with E-state index in [0.29, 0.717) is 18.0 Å². The van der Waals surface area contributed by atoms with Crippen LogP contribution >= 0.6 is 34.8 Å². The molecule has 2 amide bonds. The van der Waals surface area contributed by atoms with Gasteiger partial charge < -0.3 is 20.1 Å². The van der Waals surface area contributed by atoms with Gasteiger partial charge in [0.1, 0.15) is 23.1 Å². The molecule has 1 aromatic carbocycles. The summed E-state index contributed by atoms with van der Waals surface area (Å²) in [6, 6.07) is 0.647. The van der Waals surface area contributed by atoms with Crippen LogP contribution in [-0.4, -0.2) is 55.3 Å². The fourth-order valence-corrected chi connectivity index (χ4v) is 3.48. The van der Waals surface area contributed by atoms with Gasteiger partial charge in [-0.05, 0) is 20.8 Å². The third-order valence-electron chi connectivity index (χ3n) is 3.97. The average Bonchev–Trinajstić information content (AvgIpc) is 2.57. The summed E-state index contributed by atoms with van der Waals surface area (Å²) in [6.45, 7) is 5.95. The Hall–Kier alpha value is -1.57. The molecule has 27 heavy (non-hydrogen) atoms. The Morgan fingerprint density at radius 2 is 1.81 bits per heavy atom. The van der Waals surface area contributed by atoms with E-state index in [2.05, 4.69) is 0 Å². The Balaban J connectivity index is 2.34. The van der Waals surface area contributed by atoms with Crippen molar-refractivity contribution in [3.8, 4) is 5.75 Å². The first-order valence-electron chi connectivity index (χ1n) is 8.21. The molecule has 1 saturated heterocycles. The Labute approximate surface area is 173 Å². The minimum atomic E-state index is -0.899. The fourth-order valence-electron chi connectivity index (χ4n) is 2.78. The van der Waals surface area contributed by atoms with Gasteiger partial charge >= 0.3 is 6.09 Å². The van der Waals surface area contributed by atoms with E-state index in [9.17, 15) is 9.59 Å². The number of amides is 2. The predicted molar refractivity (Wildman–Crippen MR) is 106 cm³/mol. The molecule has 1 unspecified atom stereocenters. The molecular weight excluding hydrogens is 417 g/mol. The number of carbonyl (C=O) groups excluding carboxylic acids is 2. The van der Waals surface area contributed by atoms with Crippen LogP contribution in [-0.2, 0) is 9.53 Å². The van der Waals surface area contributed by atoms with Crippen LogP contribution in [0.3, 0.4) is 0 Å². The van der Waals surface area contributed by atoms with E-state index in [1.807, 2.05) is 0 Å². The minimum absolute atomic E-state index is 0.114. The maximum atomic E-state index is 12.4. The number of carbonyl (C=O) groups is 2. The molecule has 1 heterocycles. The zero-order valence-corrected chi connectivity index (χ0v) is 17.8. The molecule has 7 nitrogen and oxygen atoms in total.